The van der Waals surface area contributed by atoms with E-state index in [0.29, 0.717) is 16.9 Å². The third-order valence-corrected chi connectivity index (χ3v) is 3.68. The Hall–Kier alpha value is -3.60. The first-order valence-corrected chi connectivity index (χ1v) is 7.75. The van der Waals surface area contributed by atoms with Gasteiger partial charge in [-0.05, 0) is 47.5 Å². The second-order valence-corrected chi connectivity index (χ2v) is 5.46. The van der Waals surface area contributed by atoms with E-state index in [9.17, 15) is 9.59 Å². The molecule has 3 aromatic rings. The molecule has 5 heteroatoms. The summed E-state index contributed by atoms with van der Waals surface area (Å²) >= 11 is 0. The van der Waals surface area contributed by atoms with E-state index < -0.39 is 5.91 Å². The number of anilines is 2. The summed E-state index contributed by atoms with van der Waals surface area (Å²) < 4.78 is 0. The predicted molar refractivity (Wildman–Crippen MR) is 99.5 cm³/mol. The summed E-state index contributed by atoms with van der Waals surface area (Å²) in [4.78, 5) is 23.1. The molecule has 0 saturated heterocycles. The van der Waals surface area contributed by atoms with E-state index in [1.54, 1.807) is 24.3 Å². The zero-order valence-electron chi connectivity index (χ0n) is 13.4. The SMILES string of the molecule is NC(=O)c1ccc(NC(=O)Nc2ccc(-c3ccccc3)cc2)cc1. The number of urea groups is 1. The second kappa shape index (κ2) is 7.31. The number of primary amides is 1. The van der Waals surface area contributed by atoms with E-state index in [-0.39, 0.29) is 6.03 Å². The Balaban J connectivity index is 1.62. The van der Waals surface area contributed by atoms with Gasteiger partial charge in [0.1, 0.15) is 0 Å². The van der Waals surface area contributed by atoms with Gasteiger partial charge in [-0.3, -0.25) is 4.79 Å². The maximum Gasteiger partial charge on any atom is 0.323 e. The molecule has 0 aliphatic rings. The number of nitrogens with two attached hydrogens (primary N) is 1. The van der Waals surface area contributed by atoms with Crippen molar-refractivity contribution < 1.29 is 9.59 Å². The number of amides is 3. The summed E-state index contributed by atoms with van der Waals surface area (Å²) in [5.41, 5.74) is 9.03. The monoisotopic (exact) mass is 331 g/mol. The molecule has 5 nitrogen and oxygen atoms in total. The van der Waals surface area contributed by atoms with E-state index in [1.807, 2.05) is 54.6 Å². The normalized spacial score (nSPS) is 10.1. The summed E-state index contributed by atoms with van der Waals surface area (Å²) in [6.45, 7) is 0. The summed E-state index contributed by atoms with van der Waals surface area (Å²) in [5, 5.41) is 5.47. The minimum absolute atomic E-state index is 0.362. The highest BCUT2D eigenvalue weighted by atomic mass is 16.2. The summed E-state index contributed by atoms with van der Waals surface area (Å²) in [5.74, 6) is -0.505. The first-order chi connectivity index (χ1) is 12.1. The highest BCUT2D eigenvalue weighted by Crippen LogP contribution is 2.21. The predicted octanol–water partition coefficient (Wildman–Crippen LogP) is 4.10. The van der Waals surface area contributed by atoms with Crippen molar-refractivity contribution in [3.63, 3.8) is 0 Å². The van der Waals surface area contributed by atoms with Crippen LogP contribution in [0.15, 0.2) is 78.9 Å². The topological polar surface area (TPSA) is 84.2 Å². The Morgan fingerprint density at radius 2 is 1.12 bits per heavy atom. The van der Waals surface area contributed by atoms with Crippen LogP contribution in [0.2, 0.25) is 0 Å². The molecular weight excluding hydrogens is 314 g/mol. The Kier molecular flexibility index (Phi) is 4.76. The lowest BCUT2D eigenvalue weighted by atomic mass is 10.1. The Bertz CT molecular complexity index is 873. The average Bonchev–Trinajstić information content (AvgIpc) is 2.63. The van der Waals surface area contributed by atoms with Crippen LogP contribution in [-0.4, -0.2) is 11.9 Å². The lowest BCUT2D eigenvalue weighted by Crippen LogP contribution is -2.19. The van der Waals surface area contributed by atoms with Crippen molar-refractivity contribution in [2.75, 3.05) is 10.6 Å². The van der Waals surface area contributed by atoms with Crippen LogP contribution in [0.1, 0.15) is 10.4 Å². The van der Waals surface area contributed by atoms with Crippen LogP contribution in [-0.2, 0) is 0 Å². The molecule has 0 unspecified atom stereocenters. The zero-order chi connectivity index (χ0) is 17.6. The van der Waals surface area contributed by atoms with E-state index in [2.05, 4.69) is 10.6 Å². The van der Waals surface area contributed by atoms with Crippen LogP contribution in [0.25, 0.3) is 11.1 Å². The van der Waals surface area contributed by atoms with E-state index in [1.165, 1.54) is 0 Å². The standard InChI is InChI=1S/C20H17N3O2/c21-19(24)16-8-12-18(13-9-16)23-20(25)22-17-10-6-15(7-11-17)14-4-2-1-3-5-14/h1-13H,(H2,21,24)(H2,22,23,25). The molecule has 0 bridgehead atoms. The molecule has 3 amide bonds. The van der Waals surface area contributed by atoms with Crippen molar-refractivity contribution in [3.8, 4) is 11.1 Å². The molecule has 0 spiro atoms. The van der Waals surface area contributed by atoms with Gasteiger partial charge < -0.3 is 16.4 Å². The number of carbonyl (C=O) groups is 2. The number of nitrogens with one attached hydrogen (secondary N) is 2. The van der Waals surface area contributed by atoms with Gasteiger partial charge in [0, 0.05) is 16.9 Å². The van der Waals surface area contributed by atoms with Crippen molar-refractivity contribution >= 4 is 23.3 Å². The molecule has 3 aromatic carbocycles. The molecule has 3 rings (SSSR count). The molecular formula is C20H17N3O2. The molecule has 4 N–H and O–H groups in total. The maximum atomic E-state index is 12.0. The fourth-order valence-corrected chi connectivity index (χ4v) is 2.39. The van der Waals surface area contributed by atoms with Gasteiger partial charge in [-0.2, -0.15) is 0 Å². The lowest BCUT2D eigenvalue weighted by molar-refractivity contribution is 0.100. The molecule has 0 aromatic heterocycles. The first-order valence-electron chi connectivity index (χ1n) is 7.75. The maximum absolute atomic E-state index is 12.0. The molecule has 0 saturated carbocycles. The Morgan fingerprint density at radius 1 is 0.640 bits per heavy atom. The lowest BCUT2D eigenvalue weighted by Gasteiger charge is -2.09. The minimum atomic E-state index is -0.505. The molecule has 0 heterocycles. The van der Waals surface area contributed by atoms with Gasteiger partial charge >= 0.3 is 6.03 Å². The van der Waals surface area contributed by atoms with Gasteiger partial charge in [-0.25, -0.2) is 4.79 Å². The number of carbonyl (C=O) groups excluding carboxylic acids is 2. The second-order valence-electron chi connectivity index (χ2n) is 5.46. The quantitative estimate of drug-likeness (QED) is 0.672. The van der Waals surface area contributed by atoms with E-state index >= 15 is 0 Å². The molecule has 0 aliphatic heterocycles. The summed E-state index contributed by atoms with van der Waals surface area (Å²) in [6, 6.07) is 23.6. The van der Waals surface area contributed by atoms with Crippen LogP contribution in [0.3, 0.4) is 0 Å². The fourth-order valence-electron chi connectivity index (χ4n) is 2.39. The van der Waals surface area contributed by atoms with Gasteiger partial charge in [0.25, 0.3) is 0 Å². The van der Waals surface area contributed by atoms with Gasteiger partial charge in [0.05, 0.1) is 0 Å². The van der Waals surface area contributed by atoms with Crippen molar-refractivity contribution in [3.05, 3.63) is 84.4 Å². The van der Waals surface area contributed by atoms with E-state index in [4.69, 9.17) is 5.73 Å². The van der Waals surface area contributed by atoms with Crippen molar-refractivity contribution in [1.29, 1.82) is 0 Å². The van der Waals surface area contributed by atoms with Crippen LogP contribution in [0.4, 0.5) is 16.2 Å². The third-order valence-electron chi connectivity index (χ3n) is 3.68. The van der Waals surface area contributed by atoms with Crippen LogP contribution in [0.5, 0.6) is 0 Å². The average molecular weight is 331 g/mol. The Labute approximate surface area is 145 Å². The molecule has 0 radical (unpaired) electrons. The number of benzene rings is 3. The summed E-state index contributed by atoms with van der Waals surface area (Å²) in [7, 11) is 0. The smallest absolute Gasteiger partial charge is 0.323 e. The van der Waals surface area contributed by atoms with Gasteiger partial charge in [-0.15, -0.1) is 0 Å². The molecule has 124 valence electrons. The molecule has 25 heavy (non-hydrogen) atoms. The van der Waals surface area contributed by atoms with Gasteiger partial charge in [-0.1, -0.05) is 42.5 Å². The van der Waals surface area contributed by atoms with Crippen molar-refractivity contribution in [2.24, 2.45) is 5.73 Å². The number of hydrogen-bond donors (Lipinski definition) is 3. The van der Waals surface area contributed by atoms with E-state index in [0.717, 1.165) is 11.1 Å². The van der Waals surface area contributed by atoms with Crippen LogP contribution >= 0.6 is 0 Å². The van der Waals surface area contributed by atoms with Gasteiger partial charge in [0.2, 0.25) is 5.91 Å². The zero-order valence-corrected chi connectivity index (χ0v) is 13.4. The van der Waals surface area contributed by atoms with Gasteiger partial charge in [0.15, 0.2) is 0 Å². The fraction of sp³-hybridized carbons (Fsp3) is 0. The number of hydrogen-bond acceptors (Lipinski definition) is 2. The molecule has 0 aliphatic carbocycles. The largest absolute Gasteiger partial charge is 0.366 e. The molecule has 0 atom stereocenters. The first kappa shape index (κ1) is 16.3. The van der Waals surface area contributed by atoms with Crippen LogP contribution in [0, 0.1) is 0 Å². The highest BCUT2D eigenvalue weighted by Gasteiger charge is 2.05. The van der Waals surface area contributed by atoms with Crippen molar-refractivity contribution in [2.45, 2.75) is 0 Å². The highest BCUT2D eigenvalue weighted by molar-refractivity contribution is 6.00. The van der Waals surface area contributed by atoms with Crippen LogP contribution < -0.4 is 16.4 Å². The molecule has 0 fully saturated rings. The number of rotatable bonds is 4. The minimum Gasteiger partial charge on any atom is -0.366 e. The third kappa shape index (κ3) is 4.23. The van der Waals surface area contributed by atoms with Crippen molar-refractivity contribution in [1.82, 2.24) is 0 Å². The Morgan fingerprint density at radius 3 is 1.64 bits per heavy atom. The summed E-state index contributed by atoms with van der Waals surface area (Å²) in [6.07, 6.45) is 0.